The van der Waals surface area contributed by atoms with E-state index in [0.29, 0.717) is 58.3 Å². The maximum absolute atomic E-state index is 12.6. The minimum Gasteiger partial charge on any atom is -0.451 e. The summed E-state index contributed by atoms with van der Waals surface area (Å²) in [5.41, 5.74) is 2.08. The number of anilines is 2. The molecule has 0 bridgehead atoms. The molecular weight excluding hydrogens is 555 g/mol. The predicted molar refractivity (Wildman–Crippen MR) is 153 cm³/mol. The lowest BCUT2D eigenvalue weighted by Crippen LogP contribution is -2.50. The van der Waals surface area contributed by atoms with Gasteiger partial charge in [-0.1, -0.05) is 54.7 Å². The number of carbonyl (C=O) groups is 2. The number of hydrogen-bond acceptors (Lipinski definition) is 5. The number of hydrogen-bond donors (Lipinski definition) is 2. The lowest BCUT2D eigenvalue weighted by molar-refractivity contribution is -0.134. The molecular formula is C26H25Cl3N4O3S. The minimum absolute atomic E-state index is 0.0129. The summed E-state index contributed by atoms with van der Waals surface area (Å²) < 4.78 is 5.66. The van der Waals surface area contributed by atoms with Crippen LogP contribution in [0.1, 0.15) is 24.4 Å². The van der Waals surface area contributed by atoms with Crippen molar-refractivity contribution in [3.63, 3.8) is 0 Å². The molecule has 2 amide bonds. The van der Waals surface area contributed by atoms with Crippen molar-refractivity contribution in [2.45, 2.75) is 13.8 Å². The molecule has 4 rings (SSSR count). The molecule has 1 saturated heterocycles. The summed E-state index contributed by atoms with van der Waals surface area (Å²) in [6.07, 6.45) is 0. The van der Waals surface area contributed by atoms with E-state index < -0.39 is 5.91 Å². The van der Waals surface area contributed by atoms with Gasteiger partial charge in [-0.2, -0.15) is 0 Å². The fourth-order valence-corrected chi connectivity index (χ4v) is 4.90. The van der Waals surface area contributed by atoms with Gasteiger partial charge < -0.3 is 19.5 Å². The third kappa shape index (κ3) is 6.38. The Morgan fingerprint density at radius 2 is 1.70 bits per heavy atom. The van der Waals surface area contributed by atoms with Gasteiger partial charge in [0.15, 0.2) is 10.9 Å². The Balaban J connectivity index is 1.34. The first-order valence-electron chi connectivity index (χ1n) is 11.6. The highest BCUT2D eigenvalue weighted by Crippen LogP contribution is 2.34. The van der Waals surface area contributed by atoms with Gasteiger partial charge >= 0.3 is 0 Å². The molecule has 2 heterocycles. The molecule has 194 valence electrons. The Labute approximate surface area is 235 Å². The number of piperazine rings is 1. The van der Waals surface area contributed by atoms with Crippen molar-refractivity contribution in [2.24, 2.45) is 5.92 Å². The van der Waals surface area contributed by atoms with E-state index in [0.717, 1.165) is 5.69 Å². The summed E-state index contributed by atoms with van der Waals surface area (Å²) in [6, 6.07) is 13.8. The summed E-state index contributed by atoms with van der Waals surface area (Å²) in [7, 11) is 0. The Bertz CT molecular complexity index is 1340. The third-order valence-electron chi connectivity index (χ3n) is 5.91. The van der Waals surface area contributed by atoms with Gasteiger partial charge in [0.05, 0.1) is 20.8 Å². The van der Waals surface area contributed by atoms with Gasteiger partial charge in [-0.25, -0.2) is 0 Å². The molecule has 7 nitrogen and oxygen atoms in total. The second-order valence-electron chi connectivity index (χ2n) is 8.81. The average molecular weight is 580 g/mol. The number of rotatable bonds is 5. The lowest BCUT2D eigenvalue weighted by atomic mass is 10.1. The number of benzene rings is 2. The average Bonchev–Trinajstić information content (AvgIpc) is 3.36. The van der Waals surface area contributed by atoms with Crippen molar-refractivity contribution >= 4 is 75.3 Å². The van der Waals surface area contributed by atoms with Gasteiger partial charge in [-0.05, 0) is 54.7 Å². The highest BCUT2D eigenvalue weighted by molar-refractivity contribution is 7.80. The molecule has 0 atom stereocenters. The Morgan fingerprint density at radius 1 is 0.973 bits per heavy atom. The molecule has 2 N–H and O–H groups in total. The van der Waals surface area contributed by atoms with E-state index in [-0.39, 0.29) is 22.7 Å². The smallest absolute Gasteiger partial charge is 0.293 e. The van der Waals surface area contributed by atoms with Crippen LogP contribution >= 0.6 is 47.0 Å². The molecule has 2 aromatic carbocycles. The molecule has 11 heteroatoms. The fraction of sp³-hybridized carbons (Fsp3) is 0.269. The number of carbonyl (C=O) groups excluding carboxylic acids is 2. The molecule has 37 heavy (non-hydrogen) atoms. The van der Waals surface area contributed by atoms with E-state index in [2.05, 4.69) is 15.5 Å². The zero-order chi connectivity index (χ0) is 26.7. The van der Waals surface area contributed by atoms with Crippen LogP contribution in [0.15, 0.2) is 52.9 Å². The van der Waals surface area contributed by atoms with Crippen molar-refractivity contribution in [3.05, 3.63) is 69.4 Å². The topological polar surface area (TPSA) is 77.8 Å². The second-order valence-corrected chi connectivity index (χ2v) is 10.4. The van der Waals surface area contributed by atoms with E-state index in [9.17, 15) is 9.59 Å². The van der Waals surface area contributed by atoms with Crippen molar-refractivity contribution < 1.29 is 14.0 Å². The molecule has 0 saturated carbocycles. The molecule has 1 aliphatic heterocycles. The Kier molecular flexibility index (Phi) is 8.64. The lowest BCUT2D eigenvalue weighted by Gasteiger charge is -2.37. The molecule has 0 unspecified atom stereocenters. The van der Waals surface area contributed by atoms with Crippen LogP contribution in [0.3, 0.4) is 0 Å². The third-order valence-corrected chi connectivity index (χ3v) is 7.23. The molecule has 1 aliphatic rings. The van der Waals surface area contributed by atoms with Gasteiger partial charge in [-0.15, -0.1) is 0 Å². The Morgan fingerprint density at radius 3 is 2.38 bits per heavy atom. The van der Waals surface area contributed by atoms with Crippen molar-refractivity contribution in [2.75, 3.05) is 36.4 Å². The highest BCUT2D eigenvalue weighted by Gasteiger charge is 2.24. The van der Waals surface area contributed by atoms with E-state index in [1.807, 2.05) is 30.9 Å². The predicted octanol–water partition coefficient (Wildman–Crippen LogP) is 6.34. The standard InChI is InChI=1S/C26H25Cl3N4O3S/c1-15(2)25(35)33-12-10-32(11-13-33)20-7-6-16(14-19(20)28)30-26(37)31-24(34)22-9-8-21(36-22)17-4-3-5-18(27)23(17)29/h3-9,14-15H,10-13H2,1-2H3,(H2,30,31,34,37). The first-order valence-corrected chi connectivity index (χ1v) is 13.2. The van der Waals surface area contributed by atoms with Crippen molar-refractivity contribution in [1.29, 1.82) is 0 Å². The van der Waals surface area contributed by atoms with Crippen LogP contribution in [0, 0.1) is 5.92 Å². The first-order chi connectivity index (χ1) is 17.6. The van der Waals surface area contributed by atoms with Crippen LogP contribution in [0.2, 0.25) is 15.1 Å². The summed E-state index contributed by atoms with van der Waals surface area (Å²) >= 11 is 24.2. The quantitative estimate of drug-likeness (QED) is 0.344. The summed E-state index contributed by atoms with van der Waals surface area (Å²) in [5.74, 6) is 0.117. The van der Waals surface area contributed by atoms with Crippen LogP contribution in [0.25, 0.3) is 11.3 Å². The summed E-state index contributed by atoms with van der Waals surface area (Å²) in [6.45, 7) is 6.53. The van der Waals surface area contributed by atoms with E-state index in [4.69, 9.17) is 51.4 Å². The zero-order valence-corrected chi connectivity index (χ0v) is 23.3. The van der Waals surface area contributed by atoms with Gasteiger partial charge in [0.25, 0.3) is 5.91 Å². The first kappa shape index (κ1) is 27.3. The molecule has 0 aliphatic carbocycles. The van der Waals surface area contributed by atoms with Crippen LogP contribution in [0.4, 0.5) is 11.4 Å². The SMILES string of the molecule is CC(C)C(=O)N1CCN(c2ccc(NC(=S)NC(=O)c3ccc(-c4cccc(Cl)c4Cl)o3)cc2Cl)CC1. The molecule has 1 aromatic heterocycles. The second kappa shape index (κ2) is 11.7. The Hall–Kier alpha value is -2.78. The van der Waals surface area contributed by atoms with Crippen LogP contribution in [-0.2, 0) is 4.79 Å². The number of amides is 2. The maximum Gasteiger partial charge on any atom is 0.293 e. The van der Waals surface area contributed by atoms with Crippen LogP contribution < -0.4 is 15.5 Å². The van der Waals surface area contributed by atoms with E-state index >= 15 is 0 Å². The van der Waals surface area contributed by atoms with Gasteiger partial charge in [0, 0.05) is 43.3 Å². The summed E-state index contributed by atoms with van der Waals surface area (Å²) in [4.78, 5) is 28.9. The number of nitrogens with zero attached hydrogens (tertiary/aromatic N) is 2. The number of halogens is 3. The van der Waals surface area contributed by atoms with Gasteiger partial charge in [0.1, 0.15) is 5.76 Å². The summed E-state index contributed by atoms with van der Waals surface area (Å²) in [5, 5.41) is 6.92. The monoisotopic (exact) mass is 578 g/mol. The van der Waals surface area contributed by atoms with Crippen LogP contribution in [0.5, 0.6) is 0 Å². The fourth-order valence-electron chi connectivity index (χ4n) is 4.00. The largest absolute Gasteiger partial charge is 0.451 e. The maximum atomic E-state index is 12.6. The van der Waals surface area contributed by atoms with Crippen molar-refractivity contribution in [3.8, 4) is 11.3 Å². The molecule has 3 aromatic rings. The molecule has 1 fully saturated rings. The number of furan rings is 1. The minimum atomic E-state index is -0.515. The van der Waals surface area contributed by atoms with Crippen molar-refractivity contribution in [1.82, 2.24) is 10.2 Å². The normalized spacial score (nSPS) is 13.6. The van der Waals surface area contributed by atoms with Gasteiger partial charge in [0.2, 0.25) is 5.91 Å². The van der Waals surface area contributed by atoms with E-state index in [1.165, 1.54) is 6.07 Å². The zero-order valence-electron chi connectivity index (χ0n) is 20.2. The molecule has 0 radical (unpaired) electrons. The van der Waals surface area contributed by atoms with Crippen LogP contribution in [-0.4, -0.2) is 48.0 Å². The number of thiocarbonyl (C=S) groups is 1. The van der Waals surface area contributed by atoms with E-state index in [1.54, 1.807) is 30.3 Å². The molecule has 0 spiro atoms. The highest BCUT2D eigenvalue weighted by atomic mass is 35.5. The van der Waals surface area contributed by atoms with Gasteiger partial charge in [-0.3, -0.25) is 14.9 Å². The number of nitrogens with one attached hydrogen (secondary N) is 2.